The second-order valence-corrected chi connectivity index (χ2v) is 12.2. The summed E-state index contributed by atoms with van der Waals surface area (Å²) in [6, 6.07) is 24.2. The number of hydrogen-bond acceptors (Lipinski definition) is 9. The van der Waals surface area contributed by atoms with Crippen LogP contribution in [0.5, 0.6) is 0 Å². The average Bonchev–Trinajstić information content (AvgIpc) is 3.63. The molecule has 2 aromatic heterocycles. The van der Waals surface area contributed by atoms with E-state index >= 15 is 0 Å². The molecule has 1 fully saturated rings. The summed E-state index contributed by atoms with van der Waals surface area (Å²) in [5.74, 6) is -1.59. The zero-order valence-electron chi connectivity index (χ0n) is 23.7. The number of imidazole rings is 1. The van der Waals surface area contributed by atoms with Crippen molar-refractivity contribution in [3.63, 3.8) is 0 Å². The number of amides is 2. The van der Waals surface area contributed by atoms with Crippen LogP contribution in [0.15, 0.2) is 102 Å². The van der Waals surface area contributed by atoms with Crippen LogP contribution >= 0.6 is 35.0 Å². The van der Waals surface area contributed by atoms with E-state index in [2.05, 4.69) is 15.0 Å². The minimum atomic E-state index is -0.718. The van der Waals surface area contributed by atoms with Gasteiger partial charge < -0.3 is 9.47 Å². The summed E-state index contributed by atoms with van der Waals surface area (Å²) in [4.78, 5) is 54.6. The van der Waals surface area contributed by atoms with E-state index in [0.29, 0.717) is 21.8 Å². The lowest BCUT2D eigenvalue weighted by molar-refractivity contribution is -0.145. The van der Waals surface area contributed by atoms with Crippen LogP contribution in [0.25, 0.3) is 11.2 Å². The molecular weight excluding hydrogens is 637 g/mol. The lowest BCUT2D eigenvalue weighted by atomic mass is 10.1. The fourth-order valence-corrected chi connectivity index (χ4v) is 6.70. The number of carbonyl (C=O) groups is 3. The third-order valence-corrected chi connectivity index (χ3v) is 9.37. The highest BCUT2D eigenvalue weighted by atomic mass is 35.5. The van der Waals surface area contributed by atoms with Gasteiger partial charge in [0.05, 0.1) is 17.0 Å². The molecule has 1 aliphatic rings. The summed E-state index contributed by atoms with van der Waals surface area (Å²) in [5, 5.41) is -0.375. The van der Waals surface area contributed by atoms with Gasteiger partial charge in [0, 0.05) is 28.0 Å². The number of imide groups is 1. The molecule has 5 aromatic rings. The Hall–Kier alpha value is -4.29. The van der Waals surface area contributed by atoms with E-state index in [1.165, 1.54) is 31.3 Å². The van der Waals surface area contributed by atoms with E-state index in [1.54, 1.807) is 77.4 Å². The molecule has 2 amide bonds. The van der Waals surface area contributed by atoms with Crippen molar-refractivity contribution in [1.29, 1.82) is 0 Å². The molecule has 45 heavy (non-hydrogen) atoms. The molecule has 3 aromatic carbocycles. The van der Waals surface area contributed by atoms with Crippen LogP contribution in [0.3, 0.4) is 0 Å². The minimum Gasteiger partial charge on any atom is -0.463 e. The summed E-state index contributed by atoms with van der Waals surface area (Å²) in [6.07, 6.45) is 1.42. The average molecular weight is 663 g/mol. The Morgan fingerprint density at radius 2 is 1.53 bits per heavy atom. The van der Waals surface area contributed by atoms with E-state index in [-0.39, 0.29) is 17.9 Å². The molecule has 0 bridgehead atoms. The molecule has 3 heterocycles. The summed E-state index contributed by atoms with van der Waals surface area (Å²) in [6.45, 7) is 1.27. The van der Waals surface area contributed by atoms with Crippen LogP contribution in [-0.4, -0.2) is 60.6 Å². The van der Waals surface area contributed by atoms with Gasteiger partial charge in [0.2, 0.25) is 0 Å². The van der Waals surface area contributed by atoms with Crippen molar-refractivity contribution < 1.29 is 23.9 Å². The normalized spacial score (nSPS) is 19.4. The van der Waals surface area contributed by atoms with E-state index in [9.17, 15) is 14.4 Å². The first-order valence-corrected chi connectivity index (χ1v) is 15.5. The highest BCUT2D eigenvalue weighted by molar-refractivity contribution is 8.00. The van der Waals surface area contributed by atoms with Crippen LogP contribution in [0, 0.1) is 0 Å². The van der Waals surface area contributed by atoms with Gasteiger partial charge in [-0.1, -0.05) is 48.0 Å². The van der Waals surface area contributed by atoms with Crippen molar-refractivity contribution in [2.24, 2.45) is 0 Å². The Kier molecular flexibility index (Phi) is 9.13. The molecule has 0 unspecified atom stereocenters. The van der Waals surface area contributed by atoms with Gasteiger partial charge in [-0.25, -0.2) is 19.9 Å². The Bertz CT molecular complexity index is 1790. The van der Waals surface area contributed by atoms with Gasteiger partial charge >= 0.3 is 5.97 Å². The molecular formula is C32H25Cl2N5O5S. The zero-order chi connectivity index (χ0) is 31.5. The number of esters is 1. The monoisotopic (exact) mass is 661 g/mol. The number of fused-ring (bicyclic) bond motifs is 1. The van der Waals surface area contributed by atoms with Gasteiger partial charge in [0.15, 0.2) is 23.2 Å². The maximum absolute atomic E-state index is 13.9. The first-order chi connectivity index (χ1) is 21.8. The fourth-order valence-electron chi connectivity index (χ4n) is 4.94. The van der Waals surface area contributed by atoms with E-state index in [4.69, 9.17) is 32.7 Å². The number of halogens is 2. The van der Waals surface area contributed by atoms with Gasteiger partial charge in [-0.2, -0.15) is 0 Å². The lowest BCUT2D eigenvalue weighted by Gasteiger charge is -2.22. The van der Waals surface area contributed by atoms with Crippen LogP contribution in [0.4, 0.5) is 5.82 Å². The topological polar surface area (TPSA) is 117 Å². The number of carbonyl (C=O) groups excluding carboxylic acids is 3. The molecule has 0 aliphatic carbocycles. The van der Waals surface area contributed by atoms with Crippen molar-refractivity contribution in [2.75, 3.05) is 11.5 Å². The minimum absolute atomic E-state index is 0.0141. The van der Waals surface area contributed by atoms with Crippen molar-refractivity contribution in [3.05, 3.63) is 114 Å². The molecule has 0 spiro atoms. The Morgan fingerprint density at radius 1 is 0.911 bits per heavy atom. The first kappa shape index (κ1) is 30.7. The van der Waals surface area contributed by atoms with Gasteiger partial charge in [0.1, 0.15) is 19.0 Å². The molecule has 10 nitrogen and oxygen atoms in total. The van der Waals surface area contributed by atoms with Crippen LogP contribution < -0.4 is 4.90 Å². The smallest absolute Gasteiger partial charge is 0.302 e. The number of rotatable bonds is 8. The van der Waals surface area contributed by atoms with Crippen LogP contribution in [0.1, 0.15) is 33.9 Å². The third kappa shape index (κ3) is 6.43. The van der Waals surface area contributed by atoms with Gasteiger partial charge in [-0.15, -0.1) is 23.4 Å². The molecule has 13 heteroatoms. The molecule has 4 atom stereocenters. The summed E-state index contributed by atoms with van der Waals surface area (Å²) in [7, 11) is 0. The maximum atomic E-state index is 13.9. The van der Waals surface area contributed by atoms with Gasteiger partial charge in [-0.05, 0) is 48.5 Å². The molecule has 228 valence electrons. The number of ether oxygens (including phenoxy) is 2. The van der Waals surface area contributed by atoms with Crippen molar-refractivity contribution in [2.45, 2.75) is 34.8 Å². The van der Waals surface area contributed by atoms with Crippen LogP contribution in [0.2, 0.25) is 5.02 Å². The number of nitrogens with zero attached hydrogens (tertiary/aromatic N) is 5. The van der Waals surface area contributed by atoms with E-state index in [1.807, 2.05) is 12.1 Å². The second kappa shape index (κ2) is 13.4. The van der Waals surface area contributed by atoms with E-state index < -0.39 is 40.7 Å². The number of hydrogen-bond donors (Lipinski definition) is 0. The van der Waals surface area contributed by atoms with Crippen molar-refractivity contribution >= 4 is 69.7 Å². The number of anilines is 1. The molecule has 1 aliphatic heterocycles. The molecule has 1 saturated heterocycles. The number of benzene rings is 3. The Balaban J connectivity index is 1.42. The number of aromatic nitrogens is 4. The predicted octanol–water partition coefficient (Wildman–Crippen LogP) is 6.20. The van der Waals surface area contributed by atoms with Crippen molar-refractivity contribution in [3.8, 4) is 0 Å². The maximum Gasteiger partial charge on any atom is 0.302 e. The van der Waals surface area contributed by atoms with Crippen LogP contribution in [-0.2, 0) is 14.3 Å². The Morgan fingerprint density at radius 3 is 2.13 bits per heavy atom. The summed E-state index contributed by atoms with van der Waals surface area (Å²) in [5.41, 5.74) is 1.12. The molecule has 0 radical (unpaired) electrons. The lowest BCUT2D eigenvalue weighted by Crippen LogP contribution is -2.38. The zero-order valence-corrected chi connectivity index (χ0v) is 26.0. The molecule has 6 rings (SSSR count). The quantitative estimate of drug-likeness (QED) is 0.109. The summed E-state index contributed by atoms with van der Waals surface area (Å²) >= 11 is 14.5. The predicted molar refractivity (Wildman–Crippen MR) is 171 cm³/mol. The third-order valence-electron chi connectivity index (χ3n) is 7.07. The number of alkyl halides is 1. The van der Waals surface area contributed by atoms with Crippen molar-refractivity contribution in [1.82, 2.24) is 19.5 Å². The van der Waals surface area contributed by atoms with Gasteiger partial charge in [0.25, 0.3) is 11.8 Å². The highest BCUT2D eigenvalue weighted by Gasteiger charge is 2.46. The largest absolute Gasteiger partial charge is 0.463 e. The Labute approximate surface area is 272 Å². The first-order valence-electron chi connectivity index (χ1n) is 13.8. The second-order valence-electron chi connectivity index (χ2n) is 10.0. The number of thioether (sulfide) groups is 1. The fraction of sp³-hybridized carbons (Fsp3) is 0.188. The van der Waals surface area contributed by atoms with Gasteiger partial charge in [-0.3, -0.25) is 19.0 Å². The molecule has 0 saturated carbocycles. The highest BCUT2D eigenvalue weighted by Crippen LogP contribution is 2.45. The SMILES string of the molecule is CC(=O)OC[C@H]1O[C@@H](n2cnc3c(N(C(=O)c4ccccc4)C(=O)c4ccccc4)ncnc32)[C@H](Sc2ccc(Cl)cc2)[C@H]1Cl. The molecule has 0 N–H and O–H groups in total. The standard InChI is InChI=1S/C32H25Cl2N5O5S/c1-19(40)43-16-24-25(34)27(45-23-14-12-22(33)13-15-23)32(44-24)38-18-37-26-28(38)35-17-36-29(26)39(30(41)20-8-4-2-5-9-20)31(42)21-10-6-3-7-11-21/h2-15,17-18,24-25,27,32H,16H2,1H3/t24-,25+,27-,32-/m1/s1. The summed E-state index contributed by atoms with van der Waals surface area (Å²) < 4.78 is 13.3. The van der Waals surface area contributed by atoms with E-state index in [0.717, 1.165) is 9.80 Å².